The summed E-state index contributed by atoms with van der Waals surface area (Å²) >= 11 is 0. The lowest BCUT2D eigenvalue weighted by molar-refractivity contribution is -0.138. The molecule has 0 aliphatic heterocycles. The van der Waals surface area contributed by atoms with Crippen LogP contribution in [0.5, 0.6) is 0 Å². The third kappa shape index (κ3) is 5.93. The van der Waals surface area contributed by atoms with Gasteiger partial charge in [-0.15, -0.1) is 0 Å². The molecule has 0 saturated carbocycles. The lowest BCUT2D eigenvalue weighted by atomic mass is 9.97. The van der Waals surface area contributed by atoms with Gasteiger partial charge in [-0.25, -0.2) is 14.2 Å². The molecule has 2 rings (SSSR count). The number of aliphatic carboxylic acids is 1. The Morgan fingerprint density at radius 1 is 1.16 bits per heavy atom. The van der Waals surface area contributed by atoms with Crippen LogP contribution in [0.15, 0.2) is 36.7 Å². The van der Waals surface area contributed by atoms with E-state index in [1.54, 1.807) is 6.92 Å². The summed E-state index contributed by atoms with van der Waals surface area (Å²) < 4.78 is 50.3. The molecule has 10 heteroatoms. The van der Waals surface area contributed by atoms with Crippen molar-refractivity contribution in [2.45, 2.75) is 51.6 Å². The second kappa shape index (κ2) is 9.32. The van der Waals surface area contributed by atoms with E-state index in [0.717, 1.165) is 18.3 Å². The Morgan fingerprint density at radius 3 is 2.35 bits per heavy atom. The Hall–Kier alpha value is -3.17. The van der Waals surface area contributed by atoms with Crippen molar-refractivity contribution in [3.05, 3.63) is 53.7 Å². The smallest absolute Gasteiger partial charge is 0.416 e. The van der Waals surface area contributed by atoms with Crippen LogP contribution in [0.2, 0.25) is 0 Å². The van der Waals surface area contributed by atoms with E-state index in [-0.39, 0.29) is 12.0 Å². The van der Waals surface area contributed by atoms with E-state index in [0.29, 0.717) is 4.90 Å². The second-order valence-corrected chi connectivity index (χ2v) is 7.82. The Kier molecular flexibility index (Phi) is 7.24. The highest BCUT2D eigenvalue weighted by Crippen LogP contribution is 2.33. The number of carboxylic acid groups (broad SMARTS) is 1. The number of halogens is 3. The largest absolute Gasteiger partial charge is 0.481 e. The molecule has 0 fully saturated rings. The molecule has 0 spiro atoms. The number of carboxylic acids is 1. The molecule has 2 aromatic heterocycles. The number of anilines is 1. The molecular weight excluding hydrogens is 415 g/mol. The number of carbonyl (C=O) groups is 2. The minimum Gasteiger partial charge on any atom is -0.481 e. The van der Waals surface area contributed by atoms with Crippen molar-refractivity contribution >= 4 is 17.9 Å². The molecule has 2 heterocycles. The van der Waals surface area contributed by atoms with Crippen molar-refractivity contribution in [2.75, 3.05) is 11.4 Å². The van der Waals surface area contributed by atoms with Gasteiger partial charge in [0.2, 0.25) is 0 Å². The molecule has 0 radical (unpaired) electrons. The van der Waals surface area contributed by atoms with Crippen molar-refractivity contribution in [3.63, 3.8) is 0 Å². The highest BCUT2D eigenvalue weighted by atomic mass is 19.3. The zero-order valence-electron chi connectivity index (χ0n) is 17.6. The average Bonchev–Trinajstić information content (AvgIpc) is 2.67. The molecule has 1 unspecified atom stereocenters. The normalized spacial score (nSPS) is 12.9. The molecule has 0 bridgehead atoms. The minimum atomic E-state index is -3.67. The van der Waals surface area contributed by atoms with E-state index >= 15 is 4.39 Å². The fraction of sp³-hybridized carbons (Fsp3) is 0.429. The zero-order chi connectivity index (χ0) is 23.4. The maximum atomic E-state index is 15.3. The molecule has 1 N–H and O–H groups in total. The molecule has 168 valence electrons. The highest BCUT2D eigenvalue weighted by Gasteiger charge is 2.41. The van der Waals surface area contributed by atoms with Crippen LogP contribution >= 0.6 is 0 Å². The van der Waals surface area contributed by atoms with Crippen LogP contribution in [0.25, 0.3) is 0 Å². The standard InChI is InChI=1S/C21H24F3N3O4/c1-5-13(18(28)29)14-9-11-26-17(16(14)22)27(19(30)31-20(2,3)4)12-21(23,24)15-8-6-7-10-25-15/h6-11,13H,5,12H2,1-4H3,(H,28,29). The topological polar surface area (TPSA) is 92.6 Å². The third-order valence-electron chi connectivity index (χ3n) is 4.25. The number of pyridine rings is 2. The van der Waals surface area contributed by atoms with Crippen LogP contribution in [0.4, 0.5) is 23.8 Å². The first-order valence-electron chi connectivity index (χ1n) is 9.54. The summed E-state index contributed by atoms with van der Waals surface area (Å²) in [6.07, 6.45) is 1.02. The van der Waals surface area contributed by atoms with Crippen molar-refractivity contribution < 1.29 is 32.6 Å². The molecule has 0 saturated heterocycles. The quantitative estimate of drug-likeness (QED) is 0.671. The fourth-order valence-electron chi connectivity index (χ4n) is 2.83. The first-order valence-corrected chi connectivity index (χ1v) is 9.54. The van der Waals surface area contributed by atoms with Crippen LogP contribution in [-0.2, 0) is 15.5 Å². The van der Waals surface area contributed by atoms with Gasteiger partial charge in [0, 0.05) is 18.0 Å². The first-order chi connectivity index (χ1) is 14.4. The number of aromatic nitrogens is 2. The SMILES string of the molecule is CCC(C(=O)O)c1ccnc(N(CC(F)(F)c2ccccn2)C(=O)OC(C)(C)C)c1F. The Labute approximate surface area is 177 Å². The Morgan fingerprint density at radius 2 is 1.84 bits per heavy atom. The van der Waals surface area contributed by atoms with Crippen LogP contribution in [-0.4, -0.2) is 39.3 Å². The number of ether oxygens (including phenoxy) is 1. The molecule has 0 aliphatic carbocycles. The van der Waals surface area contributed by atoms with Crippen LogP contribution in [0.3, 0.4) is 0 Å². The van der Waals surface area contributed by atoms with Gasteiger partial charge >= 0.3 is 18.0 Å². The highest BCUT2D eigenvalue weighted by molar-refractivity contribution is 5.87. The van der Waals surface area contributed by atoms with E-state index in [2.05, 4.69) is 9.97 Å². The van der Waals surface area contributed by atoms with Gasteiger partial charge in [-0.2, -0.15) is 8.78 Å². The zero-order valence-corrected chi connectivity index (χ0v) is 17.6. The Bertz CT molecular complexity index is 933. The summed E-state index contributed by atoms with van der Waals surface area (Å²) in [5.74, 6) is -8.12. The first kappa shape index (κ1) is 24.1. The summed E-state index contributed by atoms with van der Waals surface area (Å²) in [4.78, 5) is 31.9. The van der Waals surface area contributed by atoms with Gasteiger partial charge < -0.3 is 9.84 Å². The van der Waals surface area contributed by atoms with Crippen molar-refractivity contribution in [1.29, 1.82) is 0 Å². The van der Waals surface area contributed by atoms with E-state index in [1.165, 1.54) is 39.1 Å². The van der Waals surface area contributed by atoms with Crippen LogP contribution in [0, 0.1) is 5.82 Å². The van der Waals surface area contributed by atoms with Crippen molar-refractivity contribution in [3.8, 4) is 0 Å². The van der Waals surface area contributed by atoms with Gasteiger partial charge in [0.15, 0.2) is 11.6 Å². The molecule has 2 aromatic rings. The summed E-state index contributed by atoms with van der Waals surface area (Å²) in [5.41, 5.74) is -1.96. The predicted octanol–water partition coefficient (Wildman–Crippen LogP) is 4.73. The van der Waals surface area contributed by atoms with Crippen LogP contribution < -0.4 is 4.90 Å². The van der Waals surface area contributed by atoms with E-state index < -0.39 is 53.4 Å². The number of nitrogens with zero attached hydrogens (tertiary/aromatic N) is 3. The third-order valence-corrected chi connectivity index (χ3v) is 4.25. The van der Waals surface area contributed by atoms with Crippen LogP contribution in [0.1, 0.15) is 51.3 Å². The molecule has 1 amide bonds. The number of hydrogen-bond donors (Lipinski definition) is 1. The number of rotatable bonds is 7. The Balaban J connectivity index is 2.56. The number of hydrogen-bond acceptors (Lipinski definition) is 5. The number of carbonyl (C=O) groups excluding carboxylic acids is 1. The maximum absolute atomic E-state index is 15.3. The molecule has 1 atom stereocenters. The summed E-state index contributed by atoms with van der Waals surface area (Å²) in [6, 6.07) is 5.02. The summed E-state index contributed by atoms with van der Waals surface area (Å²) in [6.45, 7) is 4.81. The van der Waals surface area contributed by atoms with Crippen molar-refractivity contribution in [2.24, 2.45) is 0 Å². The van der Waals surface area contributed by atoms with E-state index in [9.17, 15) is 23.5 Å². The molecule has 31 heavy (non-hydrogen) atoms. The van der Waals surface area contributed by atoms with Gasteiger partial charge in [-0.3, -0.25) is 14.7 Å². The molecule has 0 aliphatic rings. The van der Waals surface area contributed by atoms with E-state index in [1.807, 2.05) is 0 Å². The number of alkyl halides is 2. The second-order valence-electron chi connectivity index (χ2n) is 7.82. The summed E-state index contributed by atoms with van der Waals surface area (Å²) in [5, 5.41) is 9.36. The monoisotopic (exact) mass is 439 g/mol. The van der Waals surface area contributed by atoms with Gasteiger partial charge in [-0.1, -0.05) is 13.0 Å². The lowest BCUT2D eigenvalue weighted by Gasteiger charge is -2.30. The molecule has 0 aromatic carbocycles. The average molecular weight is 439 g/mol. The van der Waals surface area contributed by atoms with Crippen molar-refractivity contribution in [1.82, 2.24) is 9.97 Å². The lowest BCUT2D eigenvalue weighted by Crippen LogP contribution is -2.44. The predicted molar refractivity (Wildman–Crippen MR) is 107 cm³/mol. The molecule has 7 nitrogen and oxygen atoms in total. The molecular formula is C21H24F3N3O4. The number of amides is 1. The summed E-state index contributed by atoms with van der Waals surface area (Å²) in [7, 11) is 0. The van der Waals surface area contributed by atoms with E-state index in [4.69, 9.17) is 4.74 Å². The fourth-order valence-corrected chi connectivity index (χ4v) is 2.83. The van der Waals surface area contributed by atoms with Gasteiger partial charge in [0.25, 0.3) is 0 Å². The van der Waals surface area contributed by atoms with Gasteiger partial charge in [0.05, 0.1) is 5.92 Å². The maximum Gasteiger partial charge on any atom is 0.416 e. The van der Waals surface area contributed by atoms with Gasteiger partial charge in [0.1, 0.15) is 17.8 Å². The van der Waals surface area contributed by atoms with Gasteiger partial charge in [-0.05, 0) is 45.4 Å². The minimum absolute atomic E-state index is 0.0479.